The minimum absolute atomic E-state index is 0.0989. The molecule has 1 saturated carbocycles. The van der Waals surface area contributed by atoms with E-state index in [0.29, 0.717) is 5.41 Å². The quantitative estimate of drug-likeness (QED) is 0.780. The van der Waals surface area contributed by atoms with Crippen LogP contribution in [0.5, 0.6) is 0 Å². The van der Waals surface area contributed by atoms with Gasteiger partial charge in [0.15, 0.2) is 0 Å². The number of piperazine rings is 1. The molecule has 2 atom stereocenters. The Labute approximate surface area is 139 Å². The second-order valence-electron chi connectivity index (χ2n) is 8.04. The van der Waals surface area contributed by atoms with Crippen LogP contribution in [0.15, 0.2) is 35.9 Å². The maximum Gasteiger partial charge on any atom is 0.146 e. The van der Waals surface area contributed by atoms with E-state index in [-0.39, 0.29) is 5.82 Å². The number of anilines is 1. The van der Waals surface area contributed by atoms with E-state index in [1.54, 1.807) is 17.7 Å². The summed E-state index contributed by atoms with van der Waals surface area (Å²) in [5.41, 5.74) is 2.93. The molecule has 0 amide bonds. The van der Waals surface area contributed by atoms with E-state index < -0.39 is 0 Å². The molecule has 1 saturated heterocycles. The van der Waals surface area contributed by atoms with Gasteiger partial charge in [0.25, 0.3) is 0 Å². The molecule has 2 nitrogen and oxygen atoms in total. The number of fused-ring (bicyclic) bond motifs is 1. The normalized spacial score (nSPS) is 29.9. The fraction of sp³-hybridized carbons (Fsp3) is 0.600. The summed E-state index contributed by atoms with van der Waals surface area (Å²) < 4.78 is 13.9. The lowest BCUT2D eigenvalue weighted by Crippen LogP contribution is -2.52. The van der Waals surface area contributed by atoms with Gasteiger partial charge >= 0.3 is 0 Å². The standard InChI is InChI=1S/C20H27FN2/c1-20(2)16-8-7-15(17(20)13-16)14-22-9-11-23(12-10-22)19-6-4-3-5-18(19)21/h3-7,16-17H,8-14H2,1-2H3/t16-,17+/m1/s1. The van der Waals surface area contributed by atoms with Crippen LogP contribution in [0, 0.1) is 23.1 Å². The average Bonchev–Trinajstić information content (AvgIpc) is 2.56. The largest absolute Gasteiger partial charge is 0.367 e. The molecule has 3 heteroatoms. The van der Waals surface area contributed by atoms with E-state index in [9.17, 15) is 4.39 Å². The van der Waals surface area contributed by atoms with Crippen molar-refractivity contribution >= 4 is 5.69 Å². The van der Waals surface area contributed by atoms with Crippen LogP contribution in [-0.2, 0) is 0 Å². The van der Waals surface area contributed by atoms with Crippen molar-refractivity contribution in [2.75, 3.05) is 37.6 Å². The SMILES string of the molecule is CC1(C)[C@@H]2CC=C(CN3CCN(c4ccccc4F)CC3)[C@@H]1C2. The van der Waals surface area contributed by atoms with Gasteiger partial charge in [0.2, 0.25) is 0 Å². The Bertz CT molecular complexity index is 614. The Morgan fingerprint density at radius 1 is 1.13 bits per heavy atom. The number of benzene rings is 1. The van der Waals surface area contributed by atoms with Crippen LogP contribution in [0.25, 0.3) is 0 Å². The molecule has 2 bridgehead atoms. The maximum absolute atomic E-state index is 13.9. The smallest absolute Gasteiger partial charge is 0.146 e. The minimum atomic E-state index is -0.0989. The van der Waals surface area contributed by atoms with Crippen molar-refractivity contribution < 1.29 is 4.39 Å². The molecule has 4 aliphatic rings. The molecule has 1 heterocycles. The second-order valence-corrected chi connectivity index (χ2v) is 8.04. The van der Waals surface area contributed by atoms with Gasteiger partial charge in [0.1, 0.15) is 5.82 Å². The zero-order chi connectivity index (χ0) is 16.0. The van der Waals surface area contributed by atoms with Crippen LogP contribution < -0.4 is 4.90 Å². The molecule has 3 aliphatic carbocycles. The average molecular weight is 314 g/mol. The first-order valence-corrected chi connectivity index (χ1v) is 8.96. The number of hydrogen-bond donors (Lipinski definition) is 0. The molecule has 0 radical (unpaired) electrons. The fourth-order valence-corrected chi connectivity index (χ4v) is 4.77. The van der Waals surface area contributed by atoms with Gasteiger partial charge in [-0.15, -0.1) is 0 Å². The van der Waals surface area contributed by atoms with Crippen molar-refractivity contribution in [1.82, 2.24) is 4.90 Å². The maximum atomic E-state index is 13.9. The Morgan fingerprint density at radius 2 is 1.87 bits per heavy atom. The summed E-state index contributed by atoms with van der Waals surface area (Å²) in [6.07, 6.45) is 5.18. The molecule has 124 valence electrons. The summed E-state index contributed by atoms with van der Waals surface area (Å²) in [4.78, 5) is 4.74. The molecule has 2 fully saturated rings. The van der Waals surface area contributed by atoms with Gasteiger partial charge in [-0.1, -0.05) is 37.6 Å². The van der Waals surface area contributed by atoms with Crippen LogP contribution in [-0.4, -0.2) is 37.6 Å². The lowest BCUT2D eigenvalue weighted by molar-refractivity contribution is -0.0107. The fourth-order valence-electron chi connectivity index (χ4n) is 4.77. The molecule has 1 aromatic rings. The summed E-state index contributed by atoms with van der Waals surface area (Å²) in [7, 11) is 0. The molecule has 1 aliphatic heterocycles. The van der Waals surface area contributed by atoms with Crippen molar-refractivity contribution in [3.63, 3.8) is 0 Å². The van der Waals surface area contributed by atoms with E-state index in [1.165, 1.54) is 12.8 Å². The van der Waals surface area contributed by atoms with Crippen molar-refractivity contribution in [2.45, 2.75) is 26.7 Å². The predicted octanol–water partition coefficient (Wildman–Crippen LogP) is 3.94. The third kappa shape index (κ3) is 2.59. The highest BCUT2D eigenvalue weighted by Crippen LogP contribution is 2.59. The summed E-state index contributed by atoms with van der Waals surface area (Å²) >= 11 is 0. The predicted molar refractivity (Wildman–Crippen MR) is 93.1 cm³/mol. The van der Waals surface area contributed by atoms with Gasteiger partial charge in [0.05, 0.1) is 5.69 Å². The number of hydrogen-bond acceptors (Lipinski definition) is 2. The first-order valence-electron chi connectivity index (χ1n) is 8.96. The van der Waals surface area contributed by atoms with E-state index in [1.807, 2.05) is 12.1 Å². The summed E-state index contributed by atoms with van der Waals surface area (Å²) in [6, 6.07) is 7.14. The van der Waals surface area contributed by atoms with Crippen molar-refractivity contribution in [3.05, 3.63) is 41.7 Å². The van der Waals surface area contributed by atoms with Gasteiger partial charge in [0, 0.05) is 32.7 Å². The van der Waals surface area contributed by atoms with Gasteiger partial charge in [-0.3, -0.25) is 4.90 Å². The molecule has 5 rings (SSSR count). The third-order valence-corrected chi connectivity index (χ3v) is 6.55. The van der Waals surface area contributed by atoms with Gasteiger partial charge in [-0.2, -0.15) is 0 Å². The highest BCUT2D eigenvalue weighted by molar-refractivity contribution is 5.48. The van der Waals surface area contributed by atoms with Crippen molar-refractivity contribution in [3.8, 4) is 0 Å². The van der Waals surface area contributed by atoms with E-state index in [0.717, 1.165) is 50.2 Å². The van der Waals surface area contributed by atoms with Crippen molar-refractivity contribution in [1.29, 1.82) is 0 Å². The molecule has 0 N–H and O–H groups in total. The Kier molecular flexibility index (Phi) is 3.72. The van der Waals surface area contributed by atoms with Gasteiger partial charge in [-0.25, -0.2) is 4.39 Å². The van der Waals surface area contributed by atoms with Crippen LogP contribution in [0.3, 0.4) is 0 Å². The lowest BCUT2D eigenvalue weighted by atomic mass is 9.49. The first kappa shape index (κ1) is 15.2. The number of allylic oxidation sites excluding steroid dienone is 1. The molecule has 0 unspecified atom stereocenters. The third-order valence-electron chi connectivity index (χ3n) is 6.55. The number of para-hydroxylation sites is 1. The zero-order valence-electron chi connectivity index (χ0n) is 14.3. The van der Waals surface area contributed by atoms with E-state index in [4.69, 9.17) is 0 Å². The number of nitrogens with zero attached hydrogens (tertiary/aromatic N) is 2. The van der Waals surface area contributed by atoms with Crippen LogP contribution in [0.2, 0.25) is 0 Å². The summed E-state index contributed by atoms with van der Waals surface area (Å²) in [6.45, 7) is 9.90. The molecule has 23 heavy (non-hydrogen) atoms. The molecule has 1 aromatic carbocycles. The van der Waals surface area contributed by atoms with Crippen LogP contribution >= 0.6 is 0 Å². The monoisotopic (exact) mass is 314 g/mol. The van der Waals surface area contributed by atoms with E-state index in [2.05, 4.69) is 29.7 Å². The molecule has 0 spiro atoms. The highest BCUT2D eigenvalue weighted by Gasteiger charge is 2.51. The number of halogens is 1. The van der Waals surface area contributed by atoms with Gasteiger partial charge in [-0.05, 0) is 42.2 Å². The van der Waals surface area contributed by atoms with Gasteiger partial charge < -0.3 is 4.90 Å². The Balaban J connectivity index is 1.36. The highest BCUT2D eigenvalue weighted by atomic mass is 19.1. The second kappa shape index (κ2) is 5.62. The lowest BCUT2D eigenvalue weighted by Gasteiger charge is -2.57. The van der Waals surface area contributed by atoms with Crippen LogP contribution in [0.1, 0.15) is 26.7 Å². The molecular formula is C20H27FN2. The zero-order valence-corrected chi connectivity index (χ0v) is 14.3. The Hall–Kier alpha value is -1.35. The topological polar surface area (TPSA) is 6.48 Å². The summed E-state index contributed by atoms with van der Waals surface area (Å²) in [5, 5.41) is 0. The number of rotatable bonds is 3. The summed E-state index contributed by atoms with van der Waals surface area (Å²) in [5.74, 6) is 1.61. The van der Waals surface area contributed by atoms with Crippen LogP contribution in [0.4, 0.5) is 10.1 Å². The Morgan fingerprint density at radius 3 is 2.52 bits per heavy atom. The minimum Gasteiger partial charge on any atom is -0.367 e. The molecule has 0 aromatic heterocycles. The molecular weight excluding hydrogens is 287 g/mol. The first-order chi connectivity index (χ1) is 11.1. The van der Waals surface area contributed by atoms with Crippen molar-refractivity contribution in [2.24, 2.45) is 17.3 Å². The van der Waals surface area contributed by atoms with E-state index >= 15 is 0 Å².